The smallest absolute Gasteiger partial charge is 0.119 e. The van der Waals surface area contributed by atoms with Gasteiger partial charge in [-0.25, -0.2) is 0 Å². The van der Waals surface area contributed by atoms with Gasteiger partial charge in [0, 0.05) is 6.54 Å². The topological polar surface area (TPSA) is 41.9 Å². The van der Waals surface area contributed by atoms with Gasteiger partial charge in [0.2, 0.25) is 0 Å². The molecule has 0 radical (unpaired) electrons. The van der Waals surface area contributed by atoms with Gasteiger partial charge in [-0.05, 0) is 50.2 Å². The third-order valence-electron chi connectivity index (χ3n) is 3.17. The van der Waals surface area contributed by atoms with E-state index in [1.807, 2.05) is 24.3 Å². The van der Waals surface area contributed by atoms with Crippen molar-refractivity contribution >= 4 is 0 Å². The number of hydrogen-bond acceptors (Lipinski definition) is 4. The summed E-state index contributed by atoms with van der Waals surface area (Å²) in [4.78, 5) is 2.28. The zero-order valence-corrected chi connectivity index (χ0v) is 10.8. The molecular formula is C14H21NO3. The number of β-amino-alcohol motifs (C(OH)–C–C–N with tert-alkyl or cyclic N) is 1. The van der Waals surface area contributed by atoms with Crippen LogP contribution in [0.2, 0.25) is 0 Å². The summed E-state index contributed by atoms with van der Waals surface area (Å²) in [5.74, 6) is 1.57. The zero-order valence-electron chi connectivity index (χ0n) is 10.8. The molecule has 1 aliphatic rings. The van der Waals surface area contributed by atoms with E-state index in [0.717, 1.165) is 24.6 Å². The summed E-state index contributed by atoms with van der Waals surface area (Å²) in [7, 11) is 1.63. The fourth-order valence-corrected chi connectivity index (χ4v) is 2.18. The summed E-state index contributed by atoms with van der Waals surface area (Å²) in [6, 6.07) is 7.40. The van der Waals surface area contributed by atoms with E-state index in [4.69, 9.17) is 9.47 Å². The third-order valence-corrected chi connectivity index (χ3v) is 3.17. The van der Waals surface area contributed by atoms with E-state index in [2.05, 4.69) is 4.90 Å². The minimum Gasteiger partial charge on any atom is -0.497 e. The normalized spacial score (nSPS) is 17.7. The maximum atomic E-state index is 9.88. The first-order valence-electron chi connectivity index (χ1n) is 6.45. The van der Waals surface area contributed by atoms with Crippen LogP contribution in [0.1, 0.15) is 12.8 Å². The molecule has 100 valence electrons. The minimum atomic E-state index is -0.426. The molecule has 0 amide bonds. The molecule has 1 aliphatic heterocycles. The van der Waals surface area contributed by atoms with Crippen molar-refractivity contribution in [1.82, 2.24) is 4.90 Å². The van der Waals surface area contributed by atoms with Crippen molar-refractivity contribution in [2.45, 2.75) is 18.9 Å². The molecule has 1 heterocycles. The van der Waals surface area contributed by atoms with Crippen LogP contribution in [0.4, 0.5) is 0 Å². The molecule has 1 fully saturated rings. The molecule has 18 heavy (non-hydrogen) atoms. The number of benzene rings is 1. The Morgan fingerprint density at radius 1 is 1.17 bits per heavy atom. The lowest BCUT2D eigenvalue weighted by atomic mass is 10.3. The zero-order chi connectivity index (χ0) is 12.8. The largest absolute Gasteiger partial charge is 0.497 e. The van der Waals surface area contributed by atoms with Gasteiger partial charge >= 0.3 is 0 Å². The summed E-state index contributed by atoms with van der Waals surface area (Å²) in [6.07, 6.45) is 2.06. The Labute approximate surface area is 108 Å². The lowest BCUT2D eigenvalue weighted by molar-refractivity contribution is 0.0758. The number of methoxy groups -OCH3 is 1. The number of rotatable bonds is 6. The van der Waals surface area contributed by atoms with Crippen molar-refractivity contribution in [2.75, 3.05) is 33.4 Å². The van der Waals surface area contributed by atoms with Crippen molar-refractivity contribution in [1.29, 1.82) is 0 Å². The van der Waals surface area contributed by atoms with Crippen LogP contribution in [0.5, 0.6) is 11.5 Å². The molecule has 0 saturated carbocycles. The molecule has 4 nitrogen and oxygen atoms in total. The molecule has 1 aromatic carbocycles. The number of ether oxygens (including phenoxy) is 2. The maximum Gasteiger partial charge on any atom is 0.119 e. The first-order valence-corrected chi connectivity index (χ1v) is 6.45. The van der Waals surface area contributed by atoms with Gasteiger partial charge in [-0.3, -0.25) is 0 Å². The lowest BCUT2D eigenvalue weighted by Gasteiger charge is -2.19. The van der Waals surface area contributed by atoms with E-state index in [0.29, 0.717) is 13.2 Å². The summed E-state index contributed by atoms with van der Waals surface area (Å²) in [5, 5.41) is 9.88. The molecule has 1 saturated heterocycles. The van der Waals surface area contributed by atoms with E-state index in [1.165, 1.54) is 12.8 Å². The fraction of sp³-hybridized carbons (Fsp3) is 0.571. The van der Waals surface area contributed by atoms with Gasteiger partial charge in [-0.15, -0.1) is 0 Å². The maximum absolute atomic E-state index is 9.88. The van der Waals surface area contributed by atoms with Crippen molar-refractivity contribution in [3.63, 3.8) is 0 Å². The van der Waals surface area contributed by atoms with Crippen LogP contribution in [-0.4, -0.2) is 49.5 Å². The van der Waals surface area contributed by atoms with E-state index < -0.39 is 6.10 Å². The number of nitrogens with zero attached hydrogens (tertiary/aromatic N) is 1. The van der Waals surface area contributed by atoms with Crippen LogP contribution >= 0.6 is 0 Å². The molecule has 0 bridgehead atoms. The number of aliphatic hydroxyl groups excluding tert-OH is 1. The van der Waals surface area contributed by atoms with Gasteiger partial charge in [0.15, 0.2) is 0 Å². The van der Waals surface area contributed by atoms with Crippen LogP contribution in [-0.2, 0) is 0 Å². The van der Waals surface area contributed by atoms with Gasteiger partial charge in [0.05, 0.1) is 7.11 Å². The average molecular weight is 251 g/mol. The molecule has 0 spiro atoms. The molecule has 2 rings (SSSR count). The second-order valence-electron chi connectivity index (χ2n) is 4.65. The highest BCUT2D eigenvalue weighted by Gasteiger charge is 2.15. The van der Waals surface area contributed by atoms with Gasteiger partial charge in [-0.2, -0.15) is 0 Å². The van der Waals surface area contributed by atoms with Crippen molar-refractivity contribution in [2.24, 2.45) is 0 Å². The third kappa shape index (κ3) is 3.89. The molecule has 1 N–H and O–H groups in total. The van der Waals surface area contributed by atoms with Gasteiger partial charge in [0.25, 0.3) is 0 Å². The van der Waals surface area contributed by atoms with E-state index in [-0.39, 0.29) is 0 Å². The minimum absolute atomic E-state index is 0.336. The number of aliphatic hydroxyl groups is 1. The Morgan fingerprint density at radius 3 is 2.39 bits per heavy atom. The highest BCUT2D eigenvalue weighted by molar-refractivity contribution is 5.31. The van der Waals surface area contributed by atoms with Crippen LogP contribution in [0.25, 0.3) is 0 Å². The van der Waals surface area contributed by atoms with Gasteiger partial charge in [-0.1, -0.05) is 0 Å². The number of hydrogen-bond donors (Lipinski definition) is 1. The lowest BCUT2D eigenvalue weighted by Crippen LogP contribution is -2.33. The quantitative estimate of drug-likeness (QED) is 0.832. The molecule has 0 unspecified atom stereocenters. The standard InChI is InChI=1S/C14H21NO3/c1-17-13-4-6-14(7-5-13)18-11-12(16)10-15-8-2-3-9-15/h4-7,12,16H,2-3,8-11H2,1H3/t12-/m1/s1. The predicted molar refractivity (Wildman–Crippen MR) is 70.2 cm³/mol. The van der Waals surface area contributed by atoms with E-state index >= 15 is 0 Å². The Morgan fingerprint density at radius 2 is 1.78 bits per heavy atom. The summed E-state index contributed by atoms with van der Waals surface area (Å²) >= 11 is 0. The van der Waals surface area contributed by atoms with Crippen LogP contribution in [0.3, 0.4) is 0 Å². The Balaban J connectivity index is 1.72. The van der Waals surface area contributed by atoms with Crippen molar-refractivity contribution in [3.05, 3.63) is 24.3 Å². The second kappa shape index (κ2) is 6.61. The van der Waals surface area contributed by atoms with Crippen molar-refractivity contribution < 1.29 is 14.6 Å². The highest BCUT2D eigenvalue weighted by Crippen LogP contribution is 2.17. The van der Waals surface area contributed by atoms with Crippen LogP contribution in [0, 0.1) is 0 Å². The van der Waals surface area contributed by atoms with E-state index in [9.17, 15) is 5.11 Å². The van der Waals surface area contributed by atoms with Crippen LogP contribution in [0.15, 0.2) is 24.3 Å². The highest BCUT2D eigenvalue weighted by atomic mass is 16.5. The Bertz CT molecular complexity index is 347. The summed E-state index contributed by atoms with van der Waals surface area (Å²) in [6.45, 7) is 3.23. The Hall–Kier alpha value is -1.26. The summed E-state index contributed by atoms with van der Waals surface area (Å²) < 4.78 is 10.6. The molecular weight excluding hydrogens is 230 g/mol. The molecule has 0 aliphatic carbocycles. The monoisotopic (exact) mass is 251 g/mol. The first-order chi connectivity index (χ1) is 8.78. The van der Waals surface area contributed by atoms with E-state index in [1.54, 1.807) is 7.11 Å². The number of likely N-dealkylation sites (tertiary alicyclic amines) is 1. The molecule has 0 aromatic heterocycles. The summed E-state index contributed by atoms with van der Waals surface area (Å²) in [5.41, 5.74) is 0. The SMILES string of the molecule is COc1ccc(OC[C@H](O)CN2CCCC2)cc1. The van der Waals surface area contributed by atoms with Gasteiger partial charge in [0.1, 0.15) is 24.2 Å². The van der Waals surface area contributed by atoms with Crippen LogP contribution < -0.4 is 9.47 Å². The predicted octanol–water partition coefficient (Wildman–Crippen LogP) is 1.53. The van der Waals surface area contributed by atoms with Crippen molar-refractivity contribution in [3.8, 4) is 11.5 Å². The average Bonchev–Trinajstić information content (AvgIpc) is 2.90. The molecule has 1 atom stereocenters. The fourth-order valence-electron chi connectivity index (χ4n) is 2.18. The molecule has 1 aromatic rings. The second-order valence-corrected chi connectivity index (χ2v) is 4.65. The van der Waals surface area contributed by atoms with Gasteiger partial charge < -0.3 is 19.5 Å². The Kier molecular flexibility index (Phi) is 4.84. The first kappa shape index (κ1) is 13.2. The molecule has 4 heteroatoms.